The second kappa shape index (κ2) is 4.84. The summed E-state index contributed by atoms with van der Waals surface area (Å²) in [5.41, 5.74) is 2.12. The maximum Gasteiger partial charge on any atom is 0.138 e. The largest absolute Gasteiger partial charge is 0.482 e. The molecule has 0 spiro atoms. The molecule has 0 saturated heterocycles. The van der Waals surface area contributed by atoms with Crippen LogP contribution in [0.5, 0.6) is 5.75 Å². The minimum Gasteiger partial charge on any atom is -0.482 e. The van der Waals surface area contributed by atoms with Crippen molar-refractivity contribution in [3.63, 3.8) is 0 Å². The summed E-state index contributed by atoms with van der Waals surface area (Å²) < 4.78 is 7.23. The number of ether oxygens (including phenoxy) is 1. The number of halogens is 2. The molecule has 0 saturated carbocycles. The summed E-state index contributed by atoms with van der Waals surface area (Å²) in [6.07, 6.45) is 1.78. The molecule has 0 radical (unpaired) electrons. The highest BCUT2D eigenvalue weighted by Crippen LogP contribution is 2.47. The predicted molar refractivity (Wildman–Crippen MR) is 81.9 cm³/mol. The first kappa shape index (κ1) is 13.0. The van der Waals surface area contributed by atoms with Gasteiger partial charge in [-0.15, -0.1) is 0 Å². The Bertz CT molecular complexity index is 612. The molecule has 98 valence electrons. The number of fused-ring (bicyclic) bond motifs is 1. The zero-order valence-corrected chi connectivity index (χ0v) is 13.0. The maximum atomic E-state index is 6.28. The van der Waals surface area contributed by atoms with Gasteiger partial charge in [0.1, 0.15) is 11.4 Å². The Kier molecular flexibility index (Phi) is 3.32. The summed E-state index contributed by atoms with van der Waals surface area (Å²) in [6.45, 7) is 2.16. The van der Waals surface area contributed by atoms with E-state index in [9.17, 15) is 0 Å². The fourth-order valence-corrected chi connectivity index (χ4v) is 3.32. The monoisotopic (exact) mass is 336 g/mol. The van der Waals surface area contributed by atoms with Crippen LogP contribution in [0.25, 0.3) is 0 Å². The van der Waals surface area contributed by atoms with Crippen molar-refractivity contribution in [3.05, 3.63) is 63.1 Å². The summed E-state index contributed by atoms with van der Waals surface area (Å²) >= 11 is 9.74. The first-order valence-corrected chi connectivity index (χ1v) is 7.55. The molecule has 3 heteroatoms. The molecule has 0 aliphatic carbocycles. The molecule has 1 atom stereocenters. The lowest BCUT2D eigenvalue weighted by atomic mass is 9.87. The Morgan fingerprint density at radius 2 is 1.95 bits per heavy atom. The van der Waals surface area contributed by atoms with Gasteiger partial charge in [0.15, 0.2) is 0 Å². The van der Waals surface area contributed by atoms with Crippen molar-refractivity contribution in [3.8, 4) is 5.75 Å². The molecule has 0 fully saturated rings. The molecule has 19 heavy (non-hydrogen) atoms. The van der Waals surface area contributed by atoms with Crippen LogP contribution in [-0.4, -0.2) is 0 Å². The van der Waals surface area contributed by atoms with Crippen LogP contribution in [0, 0.1) is 0 Å². The van der Waals surface area contributed by atoms with E-state index in [1.807, 2.05) is 18.2 Å². The lowest BCUT2D eigenvalue weighted by molar-refractivity contribution is 0.0884. The highest BCUT2D eigenvalue weighted by atomic mass is 79.9. The highest BCUT2D eigenvalue weighted by Gasteiger charge is 2.40. The maximum absolute atomic E-state index is 6.28. The Hall–Kier alpha value is -0.990. The SMILES string of the molecule is CC[C@@]1(c2ccccc2)Cc2c(ccc(Cl)c2Br)O1. The van der Waals surface area contributed by atoms with Crippen molar-refractivity contribution in [1.82, 2.24) is 0 Å². The van der Waals surface area contributed by atoms with Gasteiger partial charge in [0.05, 0.1) is 5.02 Å². The Labute approximate surface area is 126 Å². The molecule has 1 heterocycles. The summed E-state index contributed by atoms with van der Waals surface area (Å²) in [7, 11) is 0. The second-order valence-electron chi connectivity index (χ2n) is 4.83. The normalized spacial score (nSPS) is 21.0. The van der Waals surface area contributed by atoms with Crippen LogP contribution >= 0.6 is 27.5 Å². The second-order valence-corrected chi connectivity index (χ2v) is 6.03. The number of benzene rings is 2. The van der Waals surface area contributed by atoms with Crippen LogP contribution in [0.4, 0.5) is 0 Å². The van der Waals surface area contributed by atoms with Crippen LogP contribution in [0.15, 0.2) is 46.9 Å². The lowest BCUT2D eigenvalue weighted by Crippen LogP contribution is -2.30. The molecule has 0 N–H and O–H groups in total. The van der Waals surface area contributed by atoms with Gasteiger partial charge in [-0.05, 0) is 40.0 Å². The van der Waals surface area contributed by atoms with Gasteiger partial charge in [-0.3, -0.25) is 0 Å². The van der Waals surface area contributed by atoms with E-state index in [4.69, 9.17) is 16.3 Å². The molecule has 2 aromatic carbocycles. The molecule has 0 unspecified atom stereocenters. The number of hydrogen-bond acceptors (Lipinski definition) is 1. The summed E-state index contributed by atoms with van der Waals surface area (Å²) in [5.74, 6) is 0.932. The molecular formula is C16H14BrClO. The first-order valence-electron chi connectivity index (χ1n) is 6.38. The molecule has 3 rings (SSSR count). The van der Waals surface area contributed by atoms with Gasteiger partial charge >= 0.3 is 0 Å². The quantitative estimate of drug-likeness (QED) is 0.718. The summed E-state index contributed by atoms with van der Waals surface area (Å²) in [4.78, 5) is 0. The Balaban J connectivity index is 2.08. The van der Waals surface area contributed by atoms with Gasteiger partial charge in [-0.1, -0.05) is 48.9 Å². The van der Waals surface area contributed by atoms with Gasteiger partial charge in [0.25, 0.3) is 0 Å². The summed E-state index contributed by atoms with van der Waals surface area (Å²) in [6, 6.07) is 14.2. The van der Waals surface area contributed by atoms with Crippen LogP contribution in [0.3, 0.4) is 0 Å². The van der Waals surface area contributed by atoms with Crippen molar-refractivity contribution in [2.24, 2.45) is 0 Å². The highest BCUT2D eigenvalue weighted by molar-refractivity contribution is 9.10. The molecule has 1 nitrogen and oxygen atoms in total. The summed E-state index contributed by atoms with van der Waals surface area (Å²) in [5, 5.41) is 0.738. The Morgan fingerprint density at radius 1 is 1.21 bits per heavy atom. The molecule has 1 aliphatic heterocycles. The number of rotatable bonds is 2. The number of hydrogen-bond donors (Lipinski definition) is 0. The van der Waals surface area contributed by atoms with Gasteiger partial charge in [0, 0.05) is 16.5 Å². The van der Waals surface area contributed by atoms with Crippen LogP contribution in [0.2, 0.25) is 5.02 Å². The van der Waals surface area contributed by atoms with Crippen LogP contribution in [-0.2, 0) is 12.0 Å². The molecule has 0 bridgehead atoms. The van der Waals surface area contributed by atoms with E-state index in [1.165, 1.54) is 11.1 Å². The lowest BCUT2D eigenvalue weighted by Gasteiger charge is -2.28. The molecule has 2 aromatic rings. The van der Waals surface area contributed by atoms with E-state index < -0.39 is 0 Å². The average Bonchev–Trinajstić information content (AvgIpc) is 2.85. The standard InChI is InChI=1S/C16H14BrClO/c1-2-16(11-6-4-3-5-7-11)10-12-14(19-16)9-8-13(18)15(12)17/h3-9H,2,10H2,1H3/t16-/m0/s1. The fourth-order valence-electron chi connectivity index (χ4n) is 2.67. The van der Waals surface area contributed by atoms with Crippen LogP contribution in [0.1, 0.15) is 24.5 Å². The zero-order valence-electron chi connectivity index (χ0n) is 10.6. The van der Waals surface area contributed by atoms with Crippen molar-refractivity contribution in [2.75, 3.05) is 0 Å². The minimum absolute atomic E-state index is 0.267. The molecule has 0 aromatic heterocycles. The van der Waals surface area contributed by atoms with E-state index in [1.54, 1.807) is 0 Å². The van der Waals surface area contributed by atoms with E-state index in [2.05, 4.69) is 47.1 Å². The van der Waals surface area contributed by atoms with E-state index in [0.29, 0.717) is 0 Å². The Morgan fingerprint density at radius 3 is 2.63 bits per heavy atom. The fraction of sp³-hybridized carbons (Fsp3) is 0.250. The van der Waals surface area contributed by atoms with Crippen molar-refractivity contribution >= 4 is 27.5 Å². The topological polar surface area (TPSA) is 9.23 Å². The van der Waals surface area contributed by atoms with Gasteiger partial charge in [-0.25, -0.2) is 0 Å². The van der Waals surface area contributed by atoms with Crippen molar-refractivity contribution < 1.29 is 4.74 Å². The third-order valence-electron chi connectivity index (χ3n) is 3.79. The molecule has 1 aliphatic rings. The van der Waals surface area contributed by atoms with E-state index >= 15 is 0 Å². The van der Waals surface area contributed by atoms with E-state index in [-0.39, 0.29) is 5.60 Å². The van der Waals surface area contributed by atoms with Gasteiger partial charge < -0.3 is 4.74 Å². The smallest absolute Gasteiger partial charge is 0.138 e. The average molecular weight is 338 g/mol. The molecular weight excluding hydrogens is 324 g/mol. The third kappa shape index (κ3) is 2.07. The first-order chi connectivity index (χ1) is 9.16. The van der Waals surface area contributed by atoms with Gasteiger partial charge in [0.2, 0.25) is 0 Å². The predicted octanol–water partition coefficient (Wildman–Crippen LogP) is 5.34. The third-order valence-corrected chi connectivity index (χ3v) is 5.24. The zero-order chi connectivity index (χ0) is 13.5. The minimum atomic E-state index is -0.267. The molecule has 0 amide bonds. The van der Waals surface area contributed by atoms with Crippen molar-refractivity contribution in [1.29, 1.82) is 0 Å². The van der Waals surface area contributed by atoms with Crippen LogP contribution < -0.4 is 4.74 Å². The van der Waals surface area contributed by atoms with Crippen molar-refractivity contribution in [2.45, 2.75) is 25.4 Å². The van der Waals surface area contributed by atoms with Gasteiger partial charge in [-0.2, -0.15) is 0 Å². The van der Waals surface area contributed by atoms with E-state index in [0.717, 1.165) is 28.1 Å².